The summed E-state index contributed by atoms with van der Waals surface area (Å²) in [5, 5.41) is 12.7. The van der Waals surface area contributed by atoms with Crippen LogP contribution in [0.25, 0.3) is 0 Å². The quantitative estimate of drug-likeness (QED) is 0.758. The highest BCUT2D eigenvalue weighted by Crippen LogP contribution is 2.30. The maximum Gasteiger partial charge on any atom is 0.165 e. The third kappa shape index (κ3) is 5.09. The number of ether oxygens (including phenoxy) is 2. The van der Waals surface area contributed by atoms with Crippen molar-refractivity contribution < 1.29 is 14.6 Å². The van der Waals surface area contributed by atoms with Gasteiger partial charge in [-0.25, -0.2) is 0 Å². The molecule has 0 spiro atoms. The molecule has 0 aliphatic heterocycles. The molecule has 4 nitrogen and oxygen atoms in total. The number of methoxy groups -OCH3 is 2. The van der Waals surface area contributed by atoms with Crippen LogP contribution < -0.4 is 14.8 Å². The first kappa shape index (κ1) is 15.8. The minimum atomic E-state index is -0.247. The zero-order chi connectivity index (χ0) is 14.3. The number of benzene rings is 1. The van der Waals surface area contributed by atoms with Crippen molar-refractivity contribution in [1.82, 2.24) is 5.32 Å². The molecular weight excluding hydrogens is 242 g/mol. The van der Waals surface area contributed by atoms with Gasteiger partial charge in [0.15, 0.2) is 11.5 Å². The minimum Gasteiger partial charge on any atom is -0.493 e. The zero-order valence-electron chi connectivity index (χ0n) is 12.3. The Morgan fingerprint density at radius 2 is 1.95 bits per heavy atom. The van der Waals surface area contributed by atoms with Crippen LogP contribution in [0.5, 0.6) is 11.5 Å². The molecule has 0 aliphatic rings. The predicted molar refractivity (Wildman–Crippen MR) is 76.7 cm³/mol. The lowest BCUT2D eigenvalue weighted by Crippen LogP contribution is -2.23. The highest BCUT2D eigenvalue weighted by Gasteiger charge is 2.10. The Kier molecular flexibility index (Phi) is 6.67. The maximum absolute atomic E-state index is 9.33. The first-order valence-electron chi connectivity index (χ1n) is 6.67. The number of aliphatic hydroxyl groups is 1. The SMILES string of the molecule is COc1cccc(CNCC(C)CC(C)O)c1OC. The summed E-state index contributed by atoms with van der Waals surface area (Å²) in [6, 6.07) is 5.86. The Morgan fingerprint density at radius 1 is 1.21 bits per heavy atom. The van der Waals surface area contributed by atoms with Crippen molar-refractivity contribution in [3.63, 3.8) is 0 Å². The van der Waals surface area contributed by atoms with Crippen molar-refractivity contribution in [3.05, 3.63) is 23.8 Å². The van der Waals surface area contributed by atoms with E-state index < -0.39 is 0 Å². The van der Waals surface area contributed by atoms with Gasteiger partial charge in [-0.05, 0) is 31.9 Å². The van der Waals surface area contributed by atoms with Gasteiger partial charge in [-0.15, -0.1) is 0 Å². The van der Waals surface area contributed by atoms with Gasteiger partial charge in [0.05, 0.1) is 20.3 Å². The van der Waals surface area contributed by atoms with Gasteiger partial charge < -0.3 is 19.9 Å². The molecule has 4 heteroatoms. The van der Waals surface area contributed by atoms with Gasteiger partial charge in [-0.3, -0.25) is 0 Å². The number of hydrogen-bond donors (Lipinski definition) is 2. The molecule has 2 unspecified atom stereocenters. The van der Waals surface area contributed by atoms with Crippen molar-refractivity contribution >= 4 is 0 Å². The van der Waals surface area contributed by atoms with E-state index in [0.29, 0.717) is 5.92 Å². The first-order valence-corrected chi connectivity index (χ1v) is 6.67. The minimum absolute atomic E-state index is 0.247. The number of aliphatic hydroxyl groups excluding tert-OH is 1. The lowest BCUT2D eigenvalue weighted by Gasteiger charge is -2.16. The molecule has 0 heterocycles. The Balaban J connectivity index is 2.53. The summed E-state index contributed by atoms with van der Waals surface area (Å²) in [6.45, 7) is 5.54. The number of rotatable bonds is 8. The van der Waals surface area contributed by atoms with Gasteiger partial charge in [0.25, 0.3) is 0 Å². The summed E-state index contributed by atoms with van der Waals surface area (Å²) in [5.41, 5.74) is 1.08. The first-order chi connectivity index (χ1) is 9.08. The highest BCUT2D eigenvalue weighted by molar-refractivity contribution is 5.46. The van der Waals surface area contributed by atoms with Gasteiger partial charge in [0.1, 0.15) is 0 Å². The van der Waals surface area contributed by atoms with Crippen LogP contribution in [-0.2, 0) is 6.54 Å². The van der Waals surface area contributed by atoms with Crippen LogP contribution in [0.2, 0.25) is 0 Å². The van der Waals surface area contributed by atoms with Crippen LogP contribution in [0.1, 0.15) is 25.8 Å². The molecule has 1 aromatic rings. The fourth-order valence-corrected chi connectivity index (χ4v) is 2.21. The molecule has 0 bridgehead atoms. The monoisotopic (exact) mass is 267 g/mol. The van der Waals surface area contributed by atoms with E-state index in [1.54, 1.807) is 14.2 Å². The standard InChI is InChI=1S/C15H25NO3/c1-11(8-12(2)17)9-16-10-13-6-5-7-14(18-3)15(13)19-4/h5-7,11-12,16-17H,8-10H2,1-4H3. The van der Waals surface area contributed by atoms with E-state index >= 15 is 0 Å². The second kappa shape index (κ2) is 8.02. The molecule has 19 heavy (non-hydrogen) atoms. The van der Waals surface area contributed by atoms with Crippen molar-refractivity contribution in [2.75, 3.05) is 20.8 Å². The van der Waals surface area contributed by atoms with Crippen molar-refractivity contribution in [2.24, 2.45) is 5.92 Å². The second-order valence-corrected chi connectivity index (χ2v) is 4.97. The number of para-hydroxylation sites is 1. The van der Waals surface area contributed by atoms with E-state index in [9.17, 15) is 5.11 Å². The smallest absolute Gasteiger partial charge is 0.165 e. The molecule has 2 N–H and O–H groups in total. The van der Waals surface area contributed by atoms with Gasteiger partial charge in [0, 0.05) is 12.1 Å². The van der Waals surface area contributed by atoms with Gasteiger partial charge in [-0.1, -0.05) is 19.1 Å². The van der Waals surface area contributed by atoms with E-state index in [0.717, 1.165) is 36.6 Å². The van der Waals surface area contributed by atoms with Crippen LogP contribution in [0.3, 0.4) is 0 Å². The van der Waals surface area contributed by atoms with Crippen LogP contribution in [-0.4, -0.2) is 32.0 Å². The Labute approximate surface area is 115 Å². The van der Waals surface area contributed by atoms with Gasteiger partial charge in [-0.2, -0.15) is 0 Å². The number of hydrogen-bond acceptors (Lipinski definition) is 4. The molecule has 1 aromatic carbocycles. The fourth-order valence-electron chi connectivity index (χ4n) is 2.21. The maximum atomic E-state index is 9.33. The fraction of sp³-hybridized carbons (Fsp3) is 0.600. The van der Waals surface area contributed by atoms with E-state index in [4.69, 9.17) is 9.47 Å². The summed E-state index contributed by atoms with van der Waals surface area (Å²) >= 11 is 0. The Bertz CT molecular complexity index is 380. The predicted octanol–water partition coefficient (Wildman–Crippen LogP) is 2.20. The molecular formula is C15H25NO3. The summed E-state index contributed by atoms with van der Waals surface area (Å²) in [5.74, 6) is 1.97. The van der Waals surface area contributed by atoms with Crippen molar-refractivity contribution in [3.8, 4) is 11.5 Å². The average molecular weight is 267 g/mol. The Morgan fingerprint density at radius 3 is 2.53 bits per heavy atom. The molecule has 0 saturated heterocycles. The molecule has 0 aliphatic carbocycles. The average Bonchev–Trinajstić information content (AvgIpc) is 2.37. The van der Waals surface area contributed by atoms with Gasteiger partial charge in [0.2, 0.25) is 0 Å². The van der Waals surface area contributed by atoms with E-state index in [-0.39, 0.29) is 6.10 Å². The Hall–Kier alpha value is -1.26. The zero-order valence-corrected chi connectivity index (χ0v) is 12.3. The van der Waals surface area contributed by atoms with Gasteiger partial charge >= 0.3 is 0 Å². The molecule has 0 aromatic heterocycles. The molecule has 1 rings (SSSR count). The van der Waals surface area contributed by atoms with E-state index in [1.165, 1.54) is 0 Å². The van der Waals surface area contributed by atoms with Crippen molar-refractivity contribution in [2.45, 2.75) is 32.9 Å². The molecule has 108 valence electrons. The summed E-state index contributed by atoms with van der Waals surface area (Å²) in [4.78, 5) is 0. The van der Waals surface area contributed by atoms with E-state index in [2.05, 4.69) is 12.2 Å². The third-order valence-corrected chi connectivity index (χ3v) is 3.04. The largest absolute Gasteiger partial charge is 0.493 e. The molecule has 0 fully saturated rings. The normalized spacial score (nSPS) is 13.9. The molecule has 0 radical (unpaired) electrons. The number of nitrogens with one attached hydrogen (secondary N) is 1. The van der Waals surface area contributed by atoms with Crippen LogP contribution in [0, 0.1) is 5.92 Å². The molecule has 0 amide bonds. The van der Waals surface area contributed by atoms with Crippen LogP contribution in [0.4, 0.5) is 0 Å². The topological polar surface area (TPSA) is 50.7 Å². The summed E-state index contributed by atoms with van der Waals surface area (Å²) in [7, 11) is 3.29. The second-order valence-electron chi connectivity index (χ2n) is 4.97. The van der Waals surface area contributed by atoms with Crippen LogP contribution in [0.15, 0.2) is 18.2 Å². The lowest BCUT2D eigenvalue weighted by molar-refractivity contribution is 0.163. The highest BCUT2D eigenvalue weighted by atomic mass is 16.5. The summed E-state index contributed by atoms with van der Waals surface area (Å²) < 4.78 is 10.7. The molecule has 0 saturated carbocycles. The van der Waals surface area contributed by atoms with Crippen LogP contribution >= 0.6 is 0 Å². The summed E-state index contributed by atoms with van der Waals surface area (Å²) in [6.07, 6.45) is 0.561. The van der Waals surface area contributed by atoms with E-state index in [1.807, 2.05) is 25.1 Å². The molecule has 2 atom stereocenters. The van der Waals surface area contributed by atoms with Crippen molar-refractivity contribution in [1.29, 1.82) is 0 Å². The third-order valence-electron chi connectivity index (χ3n) is 3.04. The lowest BCUT2D eigenvalue weighted by atomic mass is 10.0.